The average Bonchev–Trinajstić information content (AvgIpc) is 3.28. The zero-order chi connectivity index (χ0) is 20.5. The second-order valence-corrected chi connectivity index (χ2v) is 7.77. The summed E-state index contributed by atoms with van der Waals surface area (Å²) in [6, 6.07) is 12.6. The molecule has 0 bridgehead atoms. The molecule has 152 valence electrons. The number of hydrogen-bond donors (Lipinski definition) is 1. The third-order valence-electron chi connectivity index (χ3n) is 5.90. The fourth-order valence-electron chi connectivity index (χ4n) is 4.32. The largest absolute Gasteiger partial charge is 0.339 e. The van der Waals surface area contributed by atoms with Gasteiger partial charge in [0.15, 0.2) is 0 Å². The number of hydrogen-bond acceptors (Lipinski definition) is 6. The first-order valence-electron chi connectivity index (χ1n) is 10.1. The molecule has 30 heavy (non-hydrogen) atoms. The molecule has 1 aliphatic heterocycles. The highest BCUT2D eigenvalue weighted by molar-refractivity contribution is 5.98. The third kappa shape index (κ3) is 3.45. The molecule has 8 nitrogen and oxygen atoms in total. The summed E-state index contributed by atoms with van der Waals surface area (Å²) >= 11 is 0. The third-order valence-corrected chi connectivity index (χ3v) is 5.90. The molecule has 3 amide bonds. The van der Waals surface area contributed by atoms with Crippen molar-refractivity contribution in [3.8, 4) is 11.4 Å². The number of nitrogens with zero attached hydrogens (tertiary/aromatic N) is 4. The van der Waals surface area contributed by atoms with Crippen LogP contribution in [0.25, 0.3) is 11.4 Å². The van der Waals surface area contributed by atoms with Crippen LogP contribution in [0.3, 0.4) is 0 Å². The Bertz CT molecular complexity index is 1050. The molecule has 0 radical (unpaired) electrons. The van der Waals surface area contributed by atoms with E-state index in [2.05, 4.69) is 20.4 Å². The summed E-state index contributed by atoms with van der Waals surface area (Å²) in [4.78, 5) is 35.5. The minimum Gasteiger partial charge on any atom is -0.339 e. The number of pyridine rings is 1. The number of carbonyl (C=O) groups is 2. The lowest BCUT2D eigenvalue weighted by molar-refractivity contribution is -0.137. The molecule has 3 aromatic rings. The van der Waals surface area contributed by atoms with Gasteiger partial charge in [0.05, 0.1) is 12.5 Å². The van der Waals surface area contributed by atoms with E-state index in [-0.39, 0.29) is 36.4 Å². The number of imide groups is 1. The summed E-state index contributed by atoms with van der Waals surface area (Å²) in [5, 5.41) is 7.10. The van der Waals surface area contributed by atoms with Crippen LogP contribution in [0.15, 0.2) is 59.4 Å². The van der Waals surface area contributed by atoms with E-state index < -0.39 is 0 Å². The Morgan fingerprint density at radius 1 is 1.07 bits per heavy atom. The van der Waals surface area contributed by atoms with E-state index >= 15 is 0 Å². The Morgan fingerprint density at radius 2 is 1.87 bits per heavy atom. The minimum atomic E-state index is -0.339. The van der Waals surface area contributed by atoms with Gasteiger partial charge in [0.25, 0.3) is 0 Å². The predicted octanol–water partition coefficient (Wildman–Crippen LogP) is 3.14. The Hall–Kier alpha value is -3.55. The SMILES string of the molecule is O=C1NC2CC(c3nc(-c4ccncc4)no3)CCC2C(=O)N1Cc1ccccc1. The standard InChI is InChI=1S/C22H21N5O3/c28-21-17-7-6-16(20-25-19(26-30-20)15-8-10-23-11-9-15)12-18(17)24-22(29)27(21)13-14-4-2-1-3-5-14/h1-5,8-11,16-18H,6-7,12-13H2,(H,24,29). The highest BCUT2D eigenvalue weighted by atomic mass is 16.5. The maximum atomic E-state index is 13.0. The van der Waals surface area contributed by atoms with Crippen molar-refractivity contribution in [2.75, 3.05) is 0 Å². The molecule has 2 aliphatic rings. The molecule has 0 spiro atoms. The number of fused-ring (bicyclic) bond motifs is 1. The monoisotopic (exact) mass is 403 g/mol. The lowest BCUT2D eigenvalue weighted by Gasteiger charge is -2.41. The van der Waals surface area contributed by atoms with Crippen LogP contribution < -0.4 is 5.32 Å². The first-order chi connectivity index (χ1) is 14.7. The molecular formula is C22H21N5O3. The van der Waals surface area contributed by atoms with Gasteiger partial charge in [-0.2, -0.15) is 4.98 Å². The molecule has 1 N–H and O–H groups in total. The van der Waals surface area contributed by atoms with E-state index in [1.54, 1.807) is 12.4 Å². The van der Waals surface area contributed by atoms with Crippen LogP contribution >= 0.6 is 0 Å². The Labute approximate surface area is 173 Å². The van der Waals surface area contributed by atoms with Gasteiger partial charge in [0.2, 0.25) is 17.6 Å². The second kappa shape index (κ2) is 7.70. The van der Waals surface area contributed by atoms with E-state index in [1.807, 2.05) is 42.5 Å². The minimum absolute atomic E-state index is 0.0168. The van der Waals surface area contributed by atoms with Gasteiger partial charge in [-0.15, -0.1) is 0 Å². The van der Waals surface area contributed by atoms with E-state index in [4.69, 9.17) is 4.52 Å². The Morgan fingerprint density at radius 3 is 2.67 bits per heavy atom. The highest BCUT2D eigenvalue weighted by Crippen LogP contribution is 2.38. The van der Waals surface area contributed by atoms with Crippen molar-refractivity contribution in [3.05, 3.63) is 66.3 Å². The van der Waals surface area contributed by atoms with Gasteiger partial charge in [-0.05, 0) is 37.0 Å². The number of urea groups is 1. The van der Waals surface area contributed by atoms with Crippen molar-refractivity contribution in [1.82, 2.24) is 25.3 Å². The topological polar surface area (TPSA) is 101 Å². The van der Waals surface area contributed by atoms with Gasteiger partial charge in [0.1, 0.15) is 0 Å². The Balaban J connectivity index is 1.29. The second-order valence-electron chi connectivity index (χ2n) is 7.77. The zero-order valence-corrected chi connectivity index (χ0v) is 16.3. The smallest absolute Gasteiger partial charge is 0.324 e. The molecule has 1 aliphatic carbocycles. The van der Waals surface area contributed by atoms with E-state index in [1.165, 1.54) is 4.90 Å². The van der Waals surface area contributed by atoms with Crippen LogP contribution in [-0.4, -0.2) is 38.0 Å². The molecular weight excluding hydrogens is 382 g/mol. The average molecular weight is 403 g/mol. The first kappa shape index (κ1) is 18.5. The molecule has 8 heteroatoms. The summed E-state index contributed by atoms with van der Waals surface area (Å²) in [6.45, 7) is 0.289. The van der Waals surface area contributed by atoms with Gasteiger partial charge >= 0.3 is 6.03 Å². The molecule has 1 saturated carbocycles. The van der Waals surface area contributed by atoms with Gasteiger partial charge in [-0.25, -0.2) is 4.79 Å². The number of benzene rings is 1. The lowest BCUT2D eigenvalue weighted by Crippen LogP contribution is -2.60. The number of aromatic nitrogens is 3. The van der Waals surface area contributed by atoms with Crippen LogP contribution in [0.2, 0.25) is 0 Å². The summed E-state index contributed by atoms with van der Waals surface area (Å²) in [6.07, 6.45) is 5.41. The molecule has 5 rings (SSSR count). The summed E-state index contributed by atoms with van der Waals surface area (Å²) < 4.78 is 5.50. The first-order valence-corrected chi connectivity index (χ1v) is 10.1. The Kier molecular flexibility index (Phi) is 4.74. The number of carbonyl (C=O) groups excluding carboxylic acids is 2. The summed E-state index contributed by atoms with van der Waals surface area (Å²) in [7, 11) is 0. The van der Waals surface area contributed by atoms with E-state index in [0.29, 0.717) is 24.6 Å². The maximum absolute atomic E-state index is 13.0. The fraction of sp³-hybridized carbons (Fsp3) is 0.318. The van der Waals surface area contributed by atoms with Crippen molar-refractivity contribution in [3.63, 3.8) is 0 Å². The summed E-state index contributed by atoms with van der Waals surface area (Å²) in [5.41, 5.74) is 1.77. The zero-order valence-electron chi connectivity index (χ0n) is 16.3. The number of amides is 3. The summed E-state index contributed by atoms with van der Waals surface area (Å²) in [5.74, 6) is 0.767. The lowest BCUT2D eigenvalue weighted by atomic mass is 9.76. The van der Waals surface area contributed by atoms with Crippen molar-refractivity contribution in [2.24, 2.45) is 5.92 Å². The van der Waals surface area contributed by atoms with E-state index in [0.717, 1.165) is 17.5 Å². The molecule has 2 fully saturated rings. The van der Waals surface area contributed by atoms with Gasteiger partial charge in [-0.1, -0.05) is 35.5 Å². The van der Waals surface area contributed by atoms with Crippen molar-refractivity contribution >= 4 is 11.9 Å². The molecule has 2 aromatic heterocycles. The van der Waals surface area contributed by atoms with Gasteiger partial charge < -0.3 is 9.84 Å². The predicted molar refractivity (Wildman–Crippen MR) is 107 cm³/mol. The van der Waals surface area contributed by atoms with E-state index in [9.17, 15) is 9.59 Å². The molecule has 3 heterocycles. The quantitative estimate of drug-likeness (QED) is 0.718. The van der Waals surface area contributed by atoms with Crippen LogP contribution in [0, 0.1) is 5.92 Å². The van der Waals surface area contributed by atoms with Gasteiger partial charge in [-0.3, -0.25) is 14.7 Å². The van der Waals surface area contributed by atoms with Crippen LogP contribution in [0.1, 0.15) is 36.6 Å². The highest BCUT2D eigenvalue weighted by Gasteiger charge is 2.45. The van der Waals surface area contributed by atoms with Crippen LogP contribution in [-0.2, 0) is 11.3 Å². The molecule has 3 atom stereocenters. The molecule has 1 saturated heterocycles. The van der Waals surface area contributed by atoms with Crippen molar-refractivity contribution < 1.29 is 14.1 Å². The number of rotatable bonds is 4. The normalized spacial score (nSPS) is 23.7. The molecule has 3 unspecified atom stereocenters. The number of nitrogens with one attached hydrogen (secondary N) is 1. The van der Waals surface area contributed by atoms with Crippen molar-refractivity contribution in [2.45, 2.75) is 37.8 Å². The van der Waals surface area contributed by atoms with Crippen molar-refractivity contribution in [1.29, 1.82) is 0 Å². The maximum Gasteiger partial charge on any atom is 0.324 e. The fourth-order valence-corrected chi connectivity index (χ4v) is 4.32. The van der Waals surface area contributed by atoms with Crippen LogP contribution in [0.4, 0.5) is 4.79 Å². The molecule has 1 aromatic carbocycles. The van der Waals surface area contributed by atoms with Gasteiger partial charge in [0, 0.05) is 29.9 Å². The van der Waals surface area contributed by atoms with Crippen LogP contribution in [0.5, 0.6) is 0 Å².